The van der Waals surface area contributed by atoms with Crippen LogP contribution in [0, 0.1) is 0 Å². The Morgan fingerprint density at radius 2 is 1.76 bits per heavy atom. The smallest absolute Gasteiger partial charge is 0.313 e. The molecule has 1 amide bonds. The highest BCUT2D eigenvalue weighted by Crippen LogP contribution is 2.26. The van der Waals surface area contributed by atoms with Gasteiger partial charge in [0.2, 0.25) is 0 Å². The van der Waals surface area contributed by atoms with Gasteiger partial charge in [0, 0.05) is 4.90 Å². The molecule has 3 aromatic carbocycles. The van der Waals surface area contributed by atoms with E-state index >= 15 is 0 Å². The second kappa shape index (κ2) is 9.47. The van der Waals surface area contributed by atoms with Crippen LogP contribution in [0.25, 0.3) is 10.8 Å². The third-order valence-electron chi connectivity index (χ3n) is 4.65. The molecule has 0 heterocycles. The number of carbonyl (C=O) groups is 2. The van der Waals surface area contributed by atoms with Gasteiger partial charge in [-0.05, 0) is 53.8 Å². The fourth-order valence-corrected chi connectivity index (χ4v) is 3.52. The zero-order chi connectivity index (χ0) is 20.8. The van der Waals surface area contributed by atoms with Crippen LogP contribution in [0.1, 0.15) is 18.4 Å². The molecule has 0 saturated carbocycles. The Morgan fingerprint density at radius 1 is 1.03 bits per heavy atom. The summed E-state index contributed by atoms with van der Waals surface area (Å²) < 4.78 is 10.5. The summed E-state index contributed by atoms with van der Waals surface area (Å²) in [5.74, 6) is -0.497. The molecule has 0 aliphatic rings. The summed E-state index contributed by atoms with van der Waals surface area (Å²) in [7, 11) is 1.63. The molecule has 0 aliphatic carbocycles. The summed E-state index contributed by atoms with van der Waals surface area (Å²) in [5.41, 5.74) is 1.54. The fraction of sp³-hybridized carbons (Fsp3) is 0.217. The lowest BCUT2D eigenvalue weighted by Crippen LogP contribution is -2.23. The molecule has 150 valence electrons. The number of thioether (sulfide) groups is 1. The molecule has 0 aromatic heterocycles. The van der Waals surface area contributed by atoms with E-state index in [4.69, 9.17) is 9.47 Å². The van der Waals surface area contributed by atoms with Crippen molar-refractivity contribution in [2.45, 2.75) is 17.7 Å². The predicted octanol–water partition coefficient (Wildman–Crippen LogP) is 4.86. The maximum absolute atomic E-state index is 12.4. The van der Waals surface area contributed by atoms with Gasteiger partial charge in [-0.1, -0.05) is 36.4 Å². The number of anilines is 1. The van der Waals surface area contributed by atoms with Gasteiger partial charge in [-0.2, -0.15) is 0 Å². The minimum absolute atomic E-state index is 0.323. The number of hydrogen-bond acceptors (Lipinski definition) is 5. The van der Waals surface area contributed by atoms with E-state index in [1.54, 1.807) is 14.0 Å². The van der Waals surface area contributed by atoms with E-state index in [0.29, 0.717) is 5.69 Å². The summed E-state index contributed by atoms with van der Waals surface area (Å²) in [6.07, 6.45) is 1.94. The number of rotatable bonds is 7. The predicted molar refractivity (Wildman–Crippen MR) is 117 cm³/mol. The molecule has 0 radical (unpaired) electrons. The van der Waals surface area contributed by atoms with Crippen molar-refractivity contribution in [1.29, 1.82) is 0 Å². The highest BCUT2D eigenvalue weighted by Gasteiger charge is 2.19. The lowest BCUT2D eigenvalue weighted by molar-refractivity contribution is -0.148. The maximum Gasteiger partial charge on any atom is 0.313 e. The molecule has 29 heavy (non-hydrogen) atoms. The van der Waals surface area contributed by atoms with Crippen LogP contribution in [-0.4, -0.2) is 31.8 Å². The van der Waals surface area contributed by atoms with Gasteiger partial charge in [-0.25, -0.2) is 0 Å². The van der Waals surface area contributed by atoms with E-state index in [9.17, 15) is 9.59 Å². The number of para-hydroxylation sites is 1. The highest BCUT2D eigenvalue weighted by molar-refractivity contribution is 7.98. The van der Waals surface area contributed by atoms with Crippen LogP contribution in [0.5, 0.6) is 5.75 Å². The fourth-order valence-electron chi connectivity index (χ4n) is 2.97. The largest absolute Gasteiger partial charge is 0.497 e. The number of carbonyl (C=O) groups excluding carboxylic acids is 2. The summed E-state index contributed by atoms with van der Waals surface area (Å²) >= 11 is 1.54. The lowest BCUT2D eigenvalue weighted by Gasteiger charge is -2.14. The van der Waals surface area contributed by atoms with Crippen molar-refractivity contribution in [3.8, 4) is 5.75 Å². The van der Waals surface area contributed by atoms with E-state index in [-0.39, 0.29) is 12.5 Å². The van der Waals surface area contributed by atoms with E-state index < -0.39 is 11.9 Å². The van der Waals surface area contributed by atoms with Crippen LogP contribution in [0.2, 0.25) is 0 Å². The molecule has 0 fully saturated rings. The van der Waals surface area contributed by atoms with Crippen LogP contribution in [-0.2, 0) is 14.3 Å². The molecule has 1 atom stereocenters. The SMILES string of the molecule is COc1ccc2cc([C@H](C)C(=O)OCC(=O)Nc3ccccc3SC)ccc2c1. The second-order valence-electron chi connectivity index (χ2n) is 6.55. The van der Waals surface area contributed by atoms with E-state index in [1.165, 1.54) is 11.8 Å². The monoisotopic (exact) mass is 409 g/mol. The third kappa shape index (κ3) is 5.09. The number of nitrogens with one attached hydrogen (secondary N) is 1. The van der Waals surface area contributed by atoms with Crippen molar-refractivity contribution in [3.63, 3.8) is 0 Å². The summed E-state index contributed by atoms with van der Waals surface area (Å²) in [6, 6.07) is 19.1. The number of hydrogen-bond donors (Lipinski definition) is 1. The number of esters is 1. The van der Waals surface area contributed by atoms with Crippen molar-refractivity contribution in [2.75, 3.05) is 25.3 Å². The summed E-state index contributed by atoms with van der Waals surface area (Å²) in [5, 5.41) is 4.82. The lowest BCUT2D eigenvalue weighted by atomic mass is 9.98. The topological polar surface area (TPSA) is 64.6 Å². The molecule has 0 bridgehead atoms. The molecule has 0 saturated heterocycles. The quantitative estimate of drug-likeness (QED) is 0.446. The maximum atomic E-state index is 12.4. The average Bonchev–Trinajstić information content (AvgIpc) is 2.76. The zero-order valence-electron chi connectivity index (χ0n) is 16.6. The first-order valence-electron chi connectivity index (χ1n) is 9.19. The van der Waals surface area contributed by atoms with Gasteiger partial charge in [0.05, 0.1) is 18.7 Å². The van der Waals surface area contributed by atoms with Crippen molar-refractivity contribution in [1.82, 2.24) is 0 Å². The van der Waals surface area contributed by atoms with E-state index in [2.05, 4.69) is 5.32 Å². The molecular weight excluding hydrogens is 386 g/mol. The van der Waals surface area contributed by atoms with Crippen molar-refractivity contribution in [3.05, 3.63) is 66.2 Å². The van der Waals surface area contributed by atoms with E-state index in [0.717, 1.165) is 27.0 Å². The first kappa shape index (κ1) is 20.7. The van der Waals surface area contributed by atoms with Crippen LogP contribution in [0.3, 0.4) is 0 Å². The molecule has 3 rings (SSSR count). The van der Waals surface area contributed by atoms with Crippen LogP contribution >= 0.6 is 11.8 Å². The Labute approximate surface area is 174 Å². The first-order valence-corrected chi connectivity index (χ1v) is 10.4. The Morgan fingerprint density at radius 3 is 2.52 bits per heavy atom. The molecule has 5 nitrogen and oxygen atoms in total. The number of benzene rings is 3. The van der Waals surface area contributed by atoms with E-state index in [1.807, 2.05) is 66.9 Å². The van der Waals surface area contributed by atoms with Crippen molar-refractivity contribution >= 4 is 40.1 Å². The number of fused-ring (bicyclic) bond motifs is 1. The Hall–Kier alpha value is -2.99. The Bertz CT molecular complexity index is 1030. The molecule has 6 heteroatoms. The molecule has 1 N–H and O–H groups in total. The van der Waals surface area contributed by atoms with Gasteiger partial charge in [-0.15, -0.1) is 11.8 Å². The molecular formula is C23H23NO4S. The van der Waals surface area contributed by atoms with Crippen LogP contribution < -0.4 is 10.1 Å². The number of amides is 1. The first-order chi connectivity index (χ1) is 14.0. The molecule has 0 unspecified atom stereocenters. The zero-order valence-corrected chi connectivity index (χ0v) is 17.4. The molecule has 0 spiro atoms. The van der Waals surface area contributed by atoms with Crippen LogP contribution in [0.15, 0.2) is 65.6 Å². The molecule has 3 aromatic rings. The van der Waals surface area contributed by atoms with Gasteiger partial charge in [-0.3, -0.25) is 9.59 Å². The standard InChI is InChI=1S/C23H23NO4S/c1-15(16-8-9-18-13-19(27-2)11-10-17(18)12-16)23(26)28-14-22(25)24-20-6-4-5-7-21(20)29-3/h4-13,15H,14H2,1-3H3,(H,24,25)/t15-/m0/s1. The number of ether oxygens (including phenoxy) is 2. The Balaban J connectivity index is 1.61. The Kier molecular flexibility index (Phi) is 6.77. The average molecular weight is 410 g/mol. The minimum atomic E-state index is -0.479. The normalized spacial score (nSPS) is 11.7. The number of methoxy groups -OCH3 is 1. The van der Waals surface area contributed by atoms with Gasteiger partial charge >= 0.3 is 5.97 Å². The van der Waals surface area contributed by atoms with Crippen molar-refractivity contribution < 1.29 is 19.1 Å². The van der Waals surface area contributed by atoms with Crippen LogP contribution in [0.4, 0.5) is 5.69 Å². The van der Waals surface area contributed by atoms with Gasteiger partial charge in [0.1, 0.15) is 5.75 Å². The minimum Gasteiger partial charge on any atom is -0.497 e. The highest BCUT2D eigenvalue weighted by atomic mass is 32.2. The summed E-state index contributed by atoms with van der Waals surface area (Å²) in [6.45, 7) is 1.45. The third-order valence-corrected chi connectivity index (χ3v) is 5.45. The molecule has 0 aliphatic heterocycles. The van der Waals surface area contributed by atoms with Gasteiger partial charge in [0.15, 0.2) is 6.61 Å². The van der Waals surface area contributed by atoms with Gasteiger partial charge in [0.25, 0.3) is 5.91 Å². The summed E-state index contributed by atoms with van der Waals surface area (Å²) in [4.78, 5) is 25.6. The van der Waals surface area contributed by atoms with Crippen molar-refractivity contribution in [2.24, 2.45) is 0 Å². The second-order valence-corrected chi connectivity index (χ2v) is 7.40. The van der Waals surface area contributed by atoms with Gasteiger partial charge < -0.3 is 14.8 Å².